The average Bonchev–Trinajstić information content (AvgIpc) is 2.08. The molecule has 2 heteroatoms. The summed E-state index contributed by atoms with van der Waals surface area (Å²) in [7, 11) is 0. The Morgan fingerprint density at radius 3 is 2.43 bits per heavy atom. The number of hydrogen-bond acceptors (Lipinski definition) is 1. The normalized spacial score (nSPS) is 11.4. The zero-order chi connectivity index (χ0) is 10.8. The molecule has 0 saturated heterocycles. The summed E-state index contributed by atoms with van der Waals surface area (Å²) in [5.41, 5.74) is 0. The van der Waals surface area contributed by atoms with Crippen molar-refractivity contribution in [2.75, 3.05) is 0 Å². The van der Waals surface area contributed by atoms with Crippen LogP contribution in [-0.4, -0.2) is 11.1 Å². The molecule has 0 saturated carbocycles. The second-order valence-corrected chi connectivity index (χ2v) is 4.13. The number of rotatable bonds is 8. The molecule has 2 nitrogen and oxygen atoms in total. The Bertz CT molecular complexity index is 171. The Morgan fingerprint density at radius 2 is 1.86 bits per heavy atom. The van der Waals surface area contributed by atoms with Crippen LogP contribution in [0.15, 0.2) is 12.2 Å². The number of allylic oxidation sites excluding steroid dienone is 1. The zero-order valence-corrected chi connectivity index (χ0v) is 9.33. The minimum absolute atomic E-state index is 0.807. The third-order valence-electron chi connectivity index (χ3n) is 2.16. The average molecular weight is 198 g/mol. The summed E-state index contributed by atoms with van der Waals surface area (Å²) in [5.74, 6) is -0.0354. The molecule has 0 amide bonds. The molecule has 0 bridgehead atoms. The topological polar surface area (TPSA) is 37.3 Å². The van der Waals surface area contributed by atoms with E-state index in [4.69, 9.17) is 5.11 Å². The smallest absolute Gasteiger partial charge is 0.327 e. The van der Waals surface area contributed by atoms with Crippen molar-refractivity contribution < 1.29 is 9.90 Å². The molecule has 0 rings (SSSR count). The van der Waals surface area contributed by atoms with Gasteiger partial charge in [0.15, 0.2) is 0 Å². The maximum atomic E-state index is 10.1. The van der Waals surface area contributed by atoms with Crippen molar-refractivity contribution in [1.82, 2.24) is 0 Å². The van der Waals surface area contributed by atoms with Crippen LogP contribution < -0.4 is 0 Å². The minimum Gasteiger partial charge on any atom is -0.478 e. The van der Waals surface area contributed by atoms with Gasteiger partial charge in [0.05, 0.1) is 0 Å². The van der Waals surface area contributed by atoms with Crippen LogP contribution >= 0.6 is 0 Å². The van der Waals surface area contributed by atoms with Gasteiger partial charge in [0.25, 0.3) is 0 Å². The van der Waals surface area contributed by atoms with E-state index < -0.39 is 5.97 Å². The monoisotopic (exact) mass is 198 g/mol. The fourth-order valence-corrected chi connectivity index (χ4v) is 1.35. The first kappa shape index (κ1) is 13.2. The van der Waals surface area contributed by atoms with Crippen molar-refractivity contribution in [3.8, 4) is 0 Å². The summed E-state index contributed by atoms with van der Waals surface area (Å²) < 4.78 is 0. The molecular formula is C12H22O2. The minimum atomic E-state index is -0.843. The lowest BCUT2D eigenvalue weighted by Crippen LogP contribution is -1.87. The van der Waals surface area contributed by atoms with Crippen molar-refractivity contribution in [2.24, 2.45) is 5.92 Å². The van der Waals surface area contributed by atoms with Gasteiger partial charge in [-0.2, -0.15) is 0 Å². The number of carbonyl (C=O) groups is 1. The Balaban J connectivity index is 3.10. The van der Waals surface area contributed by atoms with Crippen molar-refractivity contribution in [1.29, 1.82) is 0 Å². The van der Waals surface area contributed by atoms with Crippen LogP contribution in [0, 0.1) is 5.92 Å². The van der Waals surface area contributed by atoms with E-state index in [1.54, 1.807) is 6.08 Å². The first-order valence-corrected chi connectivity index (χ1v) is 5.52. The first-order valence-electron chi connectivity index (χ1n) is 5.52. The van der Waals surface area contributed by atoms with E-state index in [-0.39, 0.29) is 0 Å². The van der Waals surface area contributed by atoms with Gasteiger partial charge in [-0.1, -0.05) is 45.6 Å². The van der Waals surface area contributed by atoms with E-state index in [1.807, 2.05) is 0 Å². The van der Waals surface area contributed by atoms with E-state index in [0.29, 0.717) is 0 Å². The molecule has 0 aromatic rings. The third kappa shape index (κ3) is 11.2. The van der Waals surface area contributed by atoms with E-state index in [2.05, 4.69) is 13.8 Å². The highest BCUT2D eigenvalue weighted by atomic mass is 16.4. The molecule has 0 unspecified atom stereocenters. The quantitative estimate of drug-likeness (QED) is 0.477. The van der Waals surface area contributed by atoms with Crippen molar-refractivity contribution in [3.05, 3.63) is 12.2 Å². The Kier molecular flexibility index (Phi) is 8.30. The fraction of sp³-hybridized carbons (Fsp3) is 0.750. The van der Waals surface area contributed by atoms with Crippen LogP contribution in [0.4, 0.5) is 0 Å². The van der Waals surface area contributed by atoms with Gasteiger partial charge in [0.2, 0.25) is 0 Å². The highest BCUT2D eigenvalue weighted by Gasteiger charge is 1.93. The summed E-state index contributed by atoms with van der Waals surface area (Å²) in [4.78, 5) is 10.1. The van der Waals surface area contributed by atoms with Gasteiger partial charge in [-0.25, -0.2) is 4.79 Å². The second-order valence-electron chi connectivity index (χ2n) is 4.13. The number of carboxylic acid groups (broad SMARTS) is 1. The van der Waals surface area contributed by atoms with E-state index in [1.165, 1.54) is 31.8 Å². The van der Waals surface area contributed by atoms with Crippen molar-refractivity contribution in [3.63, 3.8) is 0 Å². The maximum Gasteiger partial charge on any atom is 0.327 e. The van der Waals surface area contributed by atoms with Crippen LogP contribution in [0.1, 0.15) is 52.4 Å². The highest BCUT2D eigenvalue weighted by molar-refractivity contribution is 5.79. The SMILES string of the molecule is CC(C)CCCCCCC=CC(=O)O. The first-order chi connectivity index (χ1) is 6.63. The zero-order valence-electron chi connectivity index (χ0n) is 9.33. The van der Waals surface area contributed by atoms with Crippen LogP contribution in [-0.2, 0) is 4.79 Å². The van der Waals surface area contributed by atoms with E-state index in [0.717, 1.165) is 18.8 Å². The molecule has 0 spiro atoms. The van der Waals surface area contributed by atoms with Gasteiger partial charge < -0.3 is 5.11 Å². The number of hydrogen-bond donors (Lipinski definition) is 1. The Morgan fingerprint density at radius 1 is 1.21 bits per heavy atom. The largest absolute Gasteiger partial charge is 0.478 e. The molecule has 0 heterocycles. The van der Waals surface area contributed by atoms with Crippen LogP contribution in [0.3, 0.4) is 0 Å². The van der Waals surface area contributed by atoms with Crippen molar-refractivity contribution >= 4 is 5.97 Å². The van der Waals surface area contributed by atoms with Gasteiger partial charge in [-0.3, -0.25) is 0 Å². The predicted molar refractivity (Wildman–Crippen MR) is 59.3 cm³/mol. The molecule has 0 aliphatic carbocycles. The molecule has 1 N–H and O–H groups in total. The van der Waals surface area contributed by atoms with Crippen LogP contribution in [0.25, 0.3) is 0 Å². The molecule has 14 heavy (non-hydrogen) atoms. The van der Waals surface area contributed by atoms with Crippen molar-refractivity contribution in [2.45, 2.75) is 52.4 Å². The molecule has 0 fully saturated rings. The second kappa shape index (κ2) is 8.79. The van der Waals surface area contributed by atoms with Gasteiger partial charge in [-0.05, 0) is 18.8 Å². The third-order valence-corrected chi connectivity index (χ3v) is 2.16. The summed E-state index contributed by atoms with van der Waals surface area (Å²) in [6, 6.07) is 0. The lowest BCUT2D eigenvalue weighted by Gasteiger charge is -2.02. The summed E-state index contributed by atoms with van der Waals surface area (Å²) in [6.07, 6.45) is 10.1. The van der Waals surface area contributed by atoms with Gasteiger partial charge in [0, 0.05) is 6.08 Å². The lowest BCUT2D eigenvalue weighted by atomic mass is 10.0. The molecule has 0 aliphatic heterocycles. The Labute approximate surface area is 87.0 Å². The maximum absolute atomic E-state index is 10.1. The fourth-order valence-electron chi connectivity index (χ4n) is 1.35. The molecular weight excluding hydrogens is 176 g/mol. The standard InChI is InChI=1S/C12H22O2/c1-11(2)9-7-5-3-4-6-8-10-12(13)14/h8,10-11H,3-7,9H2,1-2H3,(H,13,14). The number of unbranched alkanes of at least 4 members (excludes halogenated alkanes) is 4. The Hall–Kier alpha value is -0.790. The molecule has 0 atom stereocenters. The van der Waals surface area contributed by atoms with E-state index >= 15 is 0 Å². The van der Waals surface area contributed by atoms with Gasteiger partial charge >= 0.3 is 5.97 Å². The molecule has 0 aliphatic rings. The summed E-state index contributed by atoms with van der Waals surface area (Å²) >= 11 is 0. The van der Waals surface area contributed by atoms with Crippen LogP contribution in [0.5, 0.6) is 0 Å². The lowest BCUT2D eigenvalue weighted by molar-refractivity contribution is -0.131. The predicted octanol–water partition coefficient (Wildman–Crippen LogP) is 3.62. The summed E-state index contributed by atoms with van der Waals surface area (Å²) in [5, 5.41) is 8.33. The van der Waals surface area contributed by atoms with Gasteiger partial charge in [-0.15, -0.1) is 0 Å². The van der Waals surface area contributed by atoms with Crippen LogP contribution in [0.2, 0.25) is 0 Å². The molecule has 0 aromatic heterocycles. The molecule has 0 aromatic carbocycles. The number of aliphatic carboxylic acids is 1. The molecule has 0 radical (unpaired) electrons. The highest BCUT2D eigenvalue weighted by Crippen LogP contribution is 2.10. The number of carboxylic acids is 1. The molecule has 82 valence electrons. The van der Waals surface area contributed by atoms with Gasteiger partial charge in [0.1, 0.15) is 0 Å². The summed E-state index contributed by atoms with van der Waals surface area (Å²) in [6.45, 7) is 4.49. The van der Waals surface area contributed by atoms with E-state index in [9.17, 15) is 4.79 Å².